The van der Waals surface area contributed by atoms with Gasteiger partial charge in [0, 0.05) is 17.5 Å². The molecule has 1 aromatic carbocycles. The Balaban J connectivity index is 2.06. The Bertz CT molecular complexity index is 726. The van der Waals surface area contributed by atoms with Crippen LogP contribution in [0.2, 0.25) is 5.15 Å². The number of benzene rings is 1. The molecule has 3 nitrogen and oxygen atoms in total. The number of hydrogen-bond acceptors (Lipinski definition) is 2. The first-order valence-electron chi connectivity index (χ1n) is 6.26. The first-order valence-corrected chi connectivity index (χ1v) is 6.63. The number of rotatable bonds is 3. The highest BCUT2D eigenvalue weighted by Gasteiger charge is 2.29. The van der Waals surface area contributed by atoms with Crippen LogP contribution in [0.25, 0.3) is 0 Å². The van der Waals surface area contributed by atoms with Crippen LogP contribution >= 0.6 is 11.6 Å². The van der Waals surface area contributed by atoms with E-state index in [2.05, 4.69) is 4.98 Å². The van der Waals surface area contributed by atoms with Gasteiger partial charge in [-0.3, -0.25) is 9.36 Å². The van der Waals surface area contributed by atoms with E-state index in [0.29, 0.717) is 5.82 Å². The van der Waals surface area contributed by atoms with E-state index in [1.807, 2.05) is 0 Å². The fourth-order valence-electron chi connectivity index (χ4n) is 2.14. The van der Waals surface area contributed by atoms with Gasteiger partial charge in [0.15, 0.2) is 0 Å². The molecule has 0 saturated heterocycles. The first-order chi connectivity index (χ1) is 9.54. The lowest BCUT2D eigenvalue weighted by Gasteiger charge is -2.12. The highest BCUT2D eigenvalue weighted by atomic mass is 35.5. The average molecular weight is 297 g/mol. The Morgan fingerprint density at radius 1 is 1.30 bits per heavy atom. The summed E-state index contributed by atoms with van der Waals surface area (Å²) in [5, 5.41) is 0.132. The number of halogens is 3. The van der Waals surface area contributed by atoms with Gasteiger partial charge in [0.05, 0.1) is 6.54 Å². The lowest BCUT2D eigenvalue weighted by atomic mass is 10.2. The Labute approximate surface area is 118 Å². The van der Waals surface area contributed by atoms with E-state index in [9.17, 15) is 13.6 Å². The van der Waals surface area contributed by atoms with Crippen LogP contribution < -0.4 is 5.56 Å². The molecule has 1 fully saturated rings. The predicted octanol–water partition coefficient (Wildman–Crippen LogP) is 3.10. The Morgan fingerprint density at radius 3 is 2.75 bits per heavy atom. The van der Waals surface area contributed by atoms with Crippen LogP contribution in [0.15, 0.2) is 29.1 Å². The van der Waals surface area contributed by atoms with Crippen LogP contribution in [0.1, 0.15) is 30.1 Å². The third kappa shape index (κ3) is 2.58. The predicted molar refractivity (Wildman–Crippen MR) is 70.9 cm³/mol. The lowest BCUT2D eigenvalue weighted by Crippen LogP contribution is -2.25. The minimum atomic E-state index is -0.546. The van der Waals surface area contributed by atoms with Gasteiger partial charge in [-0.05, 0) is 31.0 Å². The molecule has 1 aromatic heterocycles. The van der Waals surface area contributed by atoms with Gasteiger partial charge in [0.2, 0.25) is 0 Å². The van der Waals surface area contributed by atoms with Gasteiger partial charge >= 0.3 is 0 Å². The molecule has 0 amide bonds. The van der Waals surface area contributed by atoms with E-state index < -0.39 is 11.6 Å². The summed E-state index contributed by atoms with van der Waals surface area (Å²) in [6, 6.07) is 4.37. The van der Waals surface area contributed by atoms with Crippen molar-refractivity contribution >= 4 is 11.6 Å². The molecule has 0 bridgehead atoms. The van der Waals surface area contributed by atoms with E-state index in [4.69, 9.17) is 11.6 Å². The smallest absolute Gasteiger partial charge is 0.255 e. The summed E-state index contributed by atoms with van der Waals surface area (Å²) in [5.74, 6) is -0.358. The zero-order chi connectivity index (χ0) is 14.3. The Kier molecular flexibility index (Phi) is 3.30. The van der Waals surface area contributed by atoms with E-state index in [0.717, 1.165) is 31.0 Å². The molecule has 0 radical (unpaired) electrons. The molecule has 3 rings (SSSR count). The molecular formula is C14H11ClF2N2O. The van der Waals surface area contributed by atoms with Crippen molar-refractivity contribution in [1.29, 1.82) is 0 Å². The fourth-order valence-corrected chi connectivity index (χ4v) is 2.32. The third-order valence-electron chi connectivity index (χ3n) is 3.29. The van der Waals surface area contributed by atoms with Crippen LogP contribution in [-0.2, 0) is 6.54 Å². The standard InChI is InChI=1S/C14H11ClF2N2O/c15-12-6-13(20)19(14(18-12)8-1-2-8)7-9-5-10(16)3-4-11(9)17/h3-6,8H,1-2,7H2. The van der Waals surface area contributed by atoms with E-state index in [1.165, 1.54) is 10.6 Å². The van der Waals surface area contributed by atoms with Crippen molar-refractivity contribution in [3.63, 3.8) is 0 Å². The minimum Gasteiger partial charge on any atom is -0.292 e. The molecule has 0 aliphatic heterocycles. The quantitative estimate of drug-likeness (QED) is 0.816. The summed E-state index contributed by atoms with van der Waals surface area (Å²) in [4.78, 5) is 16.2. The second-order valence-corrected chi connectivity index (χ2v) is 5.26. The maximum Gasteiger partial charge on any atom is 0.255 e. The van der Waals surface area contributed by atoms with Gasteiger partial charge in [-0.15, -0.1) is 0 Å². The number of aromatic nitrogens is 2. The van der Waals surface area contributed by atoms with Gasteiger partial charge in [0.25, 0.3) is 5.56 Å². The van der Waals surface area contributed by atoms with Crippen molar-refractivity contribution in [1.82, 2.24) is 9.55 Å². The Hall–Kier alpha value is -1.75. The normalized spacial score (nSPS) is 14.6. The summed E-state index contributed by atoms with van der Waals surface area (Å²) in [6.07, 6.45) is 1.86. The summed E-state index contributed by atoms with van der Waals surface area (Å²) in [7, 11) is 0. The van der Waals surface area contributed by atoms with Gasteiger partial charge in [0.1, 0.15) is 22.6 Å². The summed E-state index contributed by atoms with van der Waals surface area (Å²) >= 11 is 5.79. The van der Waals surface area contributed by atoms with E-state index in [-0.39, 0.29) is 28.7 Å². The van der Waals surface area contributed by atoms with Crippen LogP contribution in [0.3, 0.4) is 0 Å². The average Bonchev–Trinajstić information content (AvgIpc) is 3.20. The molecule has 6 heteroatoms. The van der Waals surface area contributed by atoms with Crippen LogP contribution in [-0.4, -0.2) is 9.55 Å². The van der Waals surface area contributed by atoms with Crippen molar-refractivity contribution < 1.29 is 8.78 Å². The Morgan fingerprint density at radius 2 is 2.05 bits per heavy atom. The maximum atomic E-state index is 13.7. The molecule has 0 atom stereocenters. The highest BCUT2D eigenvalue weighted by molar-refractivity contribution is 6.29. The molecule has 20 heavy (non-hydrogen) atoms. The second-order valence-electron chi connectivity index (χ2n) is 4.87. The molecule has 1 saturated carbocycles. The van der Waals surface area contributed by atoms with Gasteiger partial charge < -0.3 is 0 Å². The molecule has 1 heterocycles. The number of hydrogen-bond donors (Lipinski definition) is 0. The third-order valence-corrected chi connectivity index (χ3v) is 3.48. The SMILES string of the molecule is O=c1cc(Cl)nc(C2CC2)n1Cc1cc(F)ccc1F. The monoisotopic (exact) mass is 296 g/mol. The zero-order valence-electron chi connectivity index (χ0n) is 10.4. The van der Waals surface area contributed by atoms with Crippen molar-refractivity contribution in [2.24, 2.45) is 0 Å². The zero-order valence-corrected chi connectivity index (χ0v) is 11.2. The second kappa shape index (κ2) is 4.98. The largest absolute Gasteiger partial charge is 0.292 e. The van der Waals surface area contributed by atoms with Gasteiger partial charge in [-0.1, -0.05) is 11.6 Å². The van der Waals surface area contributed by atoms with Crippen LogP contribution in [0.4, 0.5) is 8.78 Å². The van der Waals surface area contributed by atoms with E-state index >= 15 is 0 Å². The number of nitrogens with zero attached hydrogens (tertiary/aromatic N) is 2. The maximum absolute atomic E-state index is 13.7. The van der Waals surface area contributed by atoms with Gasteiger partial charge in [-0.2, -0.15) is 0 Å². The van der Waals surface area contributed by atoms with Crippen molar-refractivity contribution in [2.45, 2.75) is 25.3 Å². The topological polar surface area (TPSA) is 34.9 Å². The molecule has 2 aromatic rings. The molecule has 104 valence electrons. The fraction of sp³-hybridized carbons (Fsp3) is 0.286. The van der Waals surface area contributed by atoms with Crippen LogP contribution in [0, 0.1) is 11.6 Å². The van der Waals surface area contributed by atoms with Crippen molar-refractivity contribution in [2.75, 3.05) is 0 Å². The lowest BCUT2D eigenvalue weighted by molar-refractivity contribution is 0.566. The summed E-state index contributed by atoms with van der Waals surface area (Å²) in [6.45, 7) is -0.0432. The van der Waals surface area contributed by atoms with E-state index in [1.54, 1.807) is 0 Å². The molecular weight excluding hydrogens is 286 g/mol. The summed E-state index contributed by atoms with van der Waals surface area (Å²) in [5.41, 5.74) is -0.228. The molecule has 0 N–H and O–H groups in total. The molecule has 1 aliphatic carbocycles. The molecule has 0 spiro atoms. The van der Waals surface area contributed by atoms with Crippen molar-refractivity contribution in [3.05, 3.63) is 62.8 Å². The minimum absolute atomic E-state index is 0.0432. The molecule has 0 unspecified atom stereocenters. The van der Waals surface area contributed by atoms with Gasteiger partial charge in [-0.25, -0.2) is 13.8 Å². The molecule has 1 aliphatic rings. The van der Waals surface area contributed by atoms with Crippen molar-refractivity contribution in [3.8, 4) is 0 Å². The first kappa shape index (κ1) is 13.2. The highest BCUT2D eigenvalue weighted by Crippen LogP contribution is 2.39. The van der Waals surface area contributed by atoms with Crippen LogP contribution in [0.5, 0.6) is 0 Å². The summed E-state index contributed by atoms with van der Waals surface area (Å²) < 4.78 is 28.2.